The number of urea groups is 1. The van der Waals surface area contributed by atoms with E-state index in [0.717, 1.165) is 5.56 Å². The van der Waals surface area contributed by atoms with Gasteiger partial charge in [0, 0.05) is 34.2 Å². The van der Waals surface area contributed by atoms with Crippen LogP contribution in [0.5, 0.6) is 5.75 Å². The summed E-state index contributed by atoms with van der Waals surface area (Å²) < 4.78 is 5.32. The van der Waals surface area contributed by atoms with Gasteiger partial charge >= 0.3 is 12.0 Å². The van der Waals surface area contributed by atoms with Crippen molar-refractivity contribution >= 4 is 40.5 Å². The average molecular weight is 600 g/mol. The number of aliphatic carboxylic acids is 1. The topological polar surface area (TPSA) is 139 Å². The fourth-order valence-corrected chi connectivity index (χ4v) is 6.83. The number of methoxy groups -OCH3 is 1. The smallest absolute Gasteiger partial charge is 0.330 e. The monoisotopic (exact) mass is 599 g/mol. The number of aryl methyl sites for hydroxylation is 1. The van der Waals surface area contributed by atoms with E-state index in [-0.39, 0.29) is 11.3 Å². The zero-order valence-corrected chi connectivity index (χ0v) is 24.4. The summed E-state index contributed by atoms with van der Waals surface area (Å²) in [5.74, 6) is -3.18. The summed E-state index contributed by atoms with van der Waals surface area (Å²) in [5, 5.41) is 26.8. The lowest BCUT2D eigenvalue weighted by molar-refractivity contribution is -0.384. The first-order chi connectivity index (χ1) is 20.6. The number of carbonyl (C=O) groups excluding carboxylic acids is 2. The first kappa shape index (κ1) is 29.5. The Labute approximate surface area is 251 Å². The Morgan fingerprint density at radius 1 is 1.00 bits per heavy atom. The Kier molecular flexibility index (Phi) is 8.01. The van der Waals surface area contributed by atoms with Crippen LogP contribution in [0.1, 0.15) is 45.2 Å². The van der Waals surface area contributed by atoms with E-state index in [1.807, 2.05) is 19.1 Å². The summed E-state index contributed by atoms with van der Waals surface area (Å²) in [6, 6.07) is 20.9. The Hall–Kier alpha value is -5.03. The van der Waals surface area contributed by atoms with Crippen LogP contribution >= 0.6 is 11.3 Å². The van der Waals surface area contributed by atoms with Crippen LogP contribution in [0.3, 0.4) is 0 Å². The Morgan fingerprint density at radius 2 is 1.65 bits per heavy atom. The van der Waals surface area contributed by atoms with Gasteiger partial charge in [0.25, 0.3) is 5.69 Å². The number of nitro benzene ring substituents is 1. The quantitative estimate of drug-likeness (QED) is 0.131. The highest BCUT2D eigenvalue weighted by Gasteiger charge is 2.65. The highest BCUT2D eigenvalue weighted by molar-refractivity contribution is 7.10. The molecule has 0 aliphatic carbocycles. The molecule has 1 fully saturated rings. The lowest BCUT2D eigenvalue weighted by Crippen LogP contribution is -2.55. The zero-order chi connectivity index (χ0) is 30.9. The van der Waals surface area contributed by atoms with Crippen LogP contribution in [0.25, 0.3) is 0 Å². The number of carboxylic acids is 1. The number of Topliss-reactive ketones (excluding diaryl/α,β-unsaturated/α-hetero) is 1. The fraction of sp³-hybridized carbons (Fsp3) is 0.219. The van der Waals surface area contributed by atoms with Crippen molar-refractivity contribution in [2.75, 3.05) is 12.4 Å². The van der Waals surface area contributed by atoms with E-state index in [1.165, 1.54) is 54.5 Å². The minimum Gasteiger partial charge on any atom is -0.497 e. The number of non-ortho nitro benzene ring substituents is 1. The molecule has 0 saturated carbocycles. The standard InChI is InChI=1S/C32H29N3O7S/c1-19-6-12-22(13-7-19)33-31(39)34-28(20-10-16-24(42-3)17-11-20)26(29(36)21-8-14-23(15-9-21)35(40)41)27(25-5-4-18-43-25)32(34,2)30(37)38/h4-18,26-28H,1-3H3,(H,33,39)(H,37,38). The number of hydrogen-bond donors (Lipinski definition) is 2. The van der Waals surface area contributed by atoms with Gasteiger partial charge in [0.1, 0.15) is 11.3 Å². The molecule has 0 bridgehead atoms. The number of carboxylic acid groups (broad SMARTS) is 1. The van der Waals surface area contributed by atoms with E-state index in [1.54, 1.807) is 53.9 Å². The zero-order valence-electron chi connectivity index (χ0n) is 23.6. The molecule has 4 aromatic rings. The van der Waals surface area contributed by atoms with E-state index in [4.69, 9.17) is 4.74 Å². The summed E-state index contributed by atoms with van der Waals surface area (Å²) in [4.78, 5) is 54.6. The molecule has 4 unspecified atom stereocenters. The average Bonchev–Trinajstić information content (AvgIpc) is 3.63. The van der Waals surface area contributed by atoms with Crippen molar-refractivity contribution in [3.8, 4) is 5.75 Å². The number of likely N-dealkylation sites (tertiary alicyclic amines) is 1. The highest BCUT2D eigenvalue weighted by atomic mass is 32.1. The number of rotatable bonds is 8. The molecule has 5 rings (SSSR count). The van der Waals surface area contributed by atoms with E-state index in [2.05, 4.69) is 5.32 Å². The Balaban J connectivity index is 1.72. The Morgan fingerprint density at radius 3 is 2.19 bits per heavy atom. The van der Waals surface area contributed by atoms with Crippen molar-refractivity contribution in [2.45, 2.75) is 31.3 Å². The van der Waals surface area contributed by atoms with Crippen molar-refractivity contribution in [3.63, 3.8) is 0 Å². The Bertz CT molecular complexity index is 1650. The molecule has 43 heavy (non-hydrogen) atoms. The molecule has 0 spiro atoms. The maximum atomic E-state index is 14.5. The molecule has 2 N–H and O–H groups in total. The van der Waals surface area contributed by atoms with E-state index in [9.17, 15) is 29.6 Å². The van der Waals surface area contributed by atoms with Gasteiger partial charge in [-0.15, -0.1) is 11.3 Å². The molecule has 1 saturated heterocycles. The second-order valence-corrected chi connectivity index (χ2v) is 11.5. The molecule has 220 valence electrons. The third-order valence-electron chi connectivity index (χ3n) is 8.01. The molecular weight excluding hydrogens is 570 g/mol. The maximum absolute atomic E-state index is 14.5. The fourth-order valence-electron chi connectivity index (χ4n) is 5.84. The number of ether oxygens (including phenoxy) is 1. The van der Waals surface area contributed by atoms with Gasteiger partial charge < -0.3 is 15.2 Å². The lowest BCUT2D eigenvalue weighted by Gasteiger charge is -2.37. The van der Waals surface area contributed by atoms with Gasteiger partial charge in [-0.3, -0.25) is 19.8 Å². The van der Waals surface area contributed by atoms with Crippen LogP contribution in [0.15, 0.2) is 90.3 Å². The molecule has 2 heterocycles. The largest absolute Gasteiger partial charge is 0.497 e. The van der Waals surface area contributed by atoms with Crippen LogP contribution in [-0.2, 0) is 4.79 Å². The third-order valence-corrected chi connectivity index (χ3v) is 8.97. The molecule has 11 heteroatoms. The molecule has 1 aliphatic rings. The van der Waals surface area contributed by atoms with Gasteiger partial charge in [0.2, 0.25) is 0 Å². The number of thiophene rings is 1. The maximum Gasteiger partial charge on any atom is 0.330 e. The molecule has 2 amide bonds. The molecule has 1 aliphatic heterocycles. The first-order valence-electron chi connectivity index (χ1n) is 13.4. The summed E-state index contributed by atoms with van der Waals surface area (Å²) in [6.45, 7) is 3.38. The molecule has 4 atom stereocenters. The summed E-state index contributed by atoms with van der Waals surface area (Å²) in [5.41, 5.74) is 0.104. The van der Waals surface area contributed by atoms with E-state index < -0.39 is 46.1 Å². The number of nitro groups is 1. The molecule has 10 nitrogen and oxygen atoms in total. The van der Waals surface area contributed by atoms with Gasteiger partial charge in [-0.1, -0.05) is 35.9 Å². The SMILES string of the molecule is COc1ccc(C2C(C(=O)c3ccc([N+](=O)[O-])cc3)C(c3cccs3)C(C)(C(=O)O)N2C(=O)Nc2ccc(C)cc2)cc1. The number of carbonyl (C=O) groups is 3. The first-order valence-corrected chi connectivity index (χ1v) is 14.3. The number of anilines is 1. The van der Waals surface area contributed by atoms with Crippen LogP contribution in [0, 0.1) is 23.0 Å². The normalized spacial score (nSPS) is 21.3. The van der Waals surface area contributed by atoms with E-state index in [0.29, 0.717) is 21.9 Å². The summed E-state index contributed by atoms with van der Waals surface area (Å²) in [6.07, 6.45) is 0. The number of hydrogen-bond acceptors (Lipinski definition) is 7. The number of ketones is 1. The van der Waals surface area contributed by atoms with Crippen molar-refractivity contribution in [1.82, 2.24) is 4.90 Å². The van der Waals surface area contributed by atoms with Gasteiger partial charge in [0.15, 0.2) is 5.78 Å². The van der Waals surface area contributed by atoms with Gasteiger partial charge in [-0.05, 0) is 67.3 Å². The van der Waals surface area contributed by atoms with Crippen LogP contribution < -0.4 is 10.1 Å². The molecule has 0 radical (unpaired) electrons. The summed E-state index contributed by atoms with van der Waals surface area (Å²) in [7, 11) is 1.52. The molecule has 1 aromatic heterocycles. The third kappa shape index (κ3) is 5.35. The lowest BCUT2D eigenvalue weighted by atomic mass is 9.74. The minimum absolute atomic E-state index is 0.171. The molecule has 3 aromatic carbocycles. The van der Waals surface area contributed by atoms with Crippen molar-refractivity contribution in [2.24, 2.45) is 5.92 Å². The number of amides is 2. The van der Waals surface area contributed by atoms with E-state index >= 15 is 0 Å². The van der Waals surface area contributed by atoms with Crippen molar-refractivity contribution in [1.29, 1.82) is 0 Å². The minimum atomic E-state index is -1.87. The van der Waals surface area contributed by atoms with Gasteiger partial charge in [0.05, 0.1) is 24.0 Å². The predicted molar refractivity (Wildman–Crippen MR) is 162 cm³/mol. The van der Waals surface area contributed by atoms with Crippen molar-refractivity contribution < 1.29 is 29.2 Å². The number of nitrogens with zero attached hydrogens (tertiary/aromatic N) is 2. The van der Waals surface area contributed by atoms with Crippen molar-refractivity contribution in [3.05, 3.63) is 122 Å². The van der Waals surface area contributed by atoms with Crippen LogP contribution in [0.2, 0.25) is 0 Å². The number of benzene rings is 3. The highest BCUT2D eigenvalue weighted by Crippen LogP contribution is 2.57. The second-order valence-electron chi connectivity index (χ2n) is 10.5. The predicted octanol–water partition coefficient (Wildman–Crippen LogP) is 6.69. The van der Waals surface area contributed by atoms with Gasteiger partial charge in [-0.25, -0.2) is 9.59 Å². The summed E-state index contributed by atoms with van der Waals surface area (Å²) >= 11 is 1.30. The second kappa shape index (κ2) is 11.7. The number of nitrogens with one attached hydrogen (secondary N) is 1. The molecular formula is C32H29N3O7S. The van der Waals surface area contributed by atoms with Gasteiger partial charge in [-0.2, -0.15) is 0 Å². The van der Waals surface area contributed by atoms with Crippen LogP contribution in [0.4, 0.5) is 16.2 Å². The van der Waals surface area contributed by atoms with Crippen LogP contribution in [-0.4, -0.2) is 45.4 Å².